The molecule has 6 nitrogen and oxygen atoms in total. The van der Waals surface area contributed by atoms with Crippen LogP contribution in [0.4, 0.5) is 0 Å². The number of ether oxygens (including phenoxy) is 1. The molecule has 1 aliphatic rings. The number of aliphatic carboxylic acids is 1. The number of hydrogen-bond donors (Lipinski definition) is 2. The van der Waals surface area contributed by atoms with Gasteiger partial charge in [0.05, 0.1) is 6.04 Å². The maximum atomic E-state index is 12.4. The first-order valence-electron chi connectivity index (χ1n) is 6.69. The molecule has 2 rings (SSSR count). The Morgan fingerprint density at radius 3 is 2.24 bits per heavy atom. The Hall–Kier alpha value is -2.21. The molecule has 2 N–H and O–H groups in total. The SMILES string of the molecule is CC(C)[C@H](NC(=O)C1O[C@@H]1C(=O)O)C(=O)c1ccccc1. The van der Waals surface area contributed by atoms with Gasteiger partial charge in [0.2, 0.25) is 0 Å². The molecule has 1 aromatic rings. The fourth-order valence-corrected chi connectivity index (χ4v) is 2.05. The van der Waals surface area contributed by atoms with Crippen LogP contribution in [0.25, 0.3) is 0 Å². The van der Waals surface area contributed by atoms with Crippen molar-refractivity contribution < 1.29 is 24.2 Å². The maximum Gasteiger partial charge on any atom is 0.336 e. The van der Waals surface area contributed by atoms with E-state index in [0.29, 0.717) is 5.56 Å². The van der Waals surface area contributed by atoms with Gasteiger partial charge in [-0.25, -0.2) is 4.79 Å². The Morgan fingerprint density at radius 1 is 1.14 bits per heavy atom. The zero-order valence-corrected chi connectivity index (χ0v) is 11.8. The lowest BCUT2D eigenvalue weighted by molar-refractivity contribution is -0.138. The molecule has 1 unspecified atom stereocenters. The average Bonchev–Trinajstić information content (AvgIpc) is 3.25. The molecule has 1 saturated heterocycles. The van der Waals surface area contributed by atoms with Crippen molar-refractivity contribution in [3.8, 4) is 0 Å². The van der Waals surface area contributed by atoms with Crippen molar-refractivity contribution in [3.05, 3.63) is 35.9 Å². The van der Waals surface area contributed by atoms with Gasteiger partial charge in [0.25, 0.3) is 5.91 Å². The Labute approximate surface area is 122 Å². The van der Waals surface area contributed by atoms with Gasteiger partial charge in [-0.1, -0.05) is 44.2 Å². The van der Waals surface area contributed by atoms with Crippen LogP contribution in [0, 0.1) is 5.92 Å². The fourth-order valence-electron chi connectivity index (χ4n) is 2.05. The summed E-state index contributed by atoms with van der Waals surface area (Å²) < 4.78 is 4.78. The smallest absolute Gasteiger partial charge is 0.336 e. The molecule has 0 spiro atoms. The largest absolute Gasteiger partial charge is 0.479 e. The molecule has 1 amide bonds. The summed E-state index contributed by atoms with van der Waals surface area (Å²) in [5.41, 5.74) is 0.503. The normalized spacial score (nSPS) is 21.7. The van der Waals surface area contributed by atoms with Gasteiger partial charge in [0.15, 0.2) is 18.0 Å². The zero-order chi connectivity index (χ0) is 15.6. The van der Waals surface area contributed by atoms with Gasteiger partial charge in [-0.2, -0.15) is 0 Å². The van der Waals surface area contributed by atoms with Crippen LogP contribution in [0.5, 0.6) is 0 Å². The lowest BCUT2D eigenvalue weighted by Crippen LogP contribution is -2.46. The molecular weight excluding hydrogens is 274 g/mol. The first-order chi connectivity index (χ1) is 9.91. The molecule has 3 atom stereocenters. The Kier molecular flexibility index (Phi) is 4.37. The van der Waals surface area contributed by atoms with Crippen molar-refractivity contribution in [2.75, 3.05) is 0 Å². The first kappa shape index (κ1) is 15.2. The van der Waals surface area contributed by atoms with Gasteiger partial charge in [-0.15, -0.1) is 0 Å². The lowest BCUT2D eigenvalue weighted by atomic mass is 9.95. The minimum atomic E-state index is -1.18. The van der Waals surface area contributed by atoms with Crippen LogP contribution in [0.1, 0.15) is 24.2 Å². The third-order valence-electron chi connectivity index (χ3n) is 3.30. The molecule has 0 bridgehead atoms. The van der Waals surface area contributed by atoms with Crippen LogP contribution in [-0.4, -0.2) is 41.0 Å². The molecular formula is C15H17NO5. The molecule has 1 fully saturated rings. The topological polar surface area (TPSA) is 96.0 Å². The van der Waals surface area contributed by atoms with Gasteiger partial charge in [0.1, 0.15) is 0 Å². The van der Waals surface area contributed by atoms with Crippen LogP contribution in [0.15, 0.2) is 30.3 Å². The van der Waals surface area contributed by atoms with E-state index in [1.807, 2.05) is 13.8 Å². The lowest BCUT2D eigenvalue weighted by Gasteiger charge is -2.20. The highest BCUT2D eigenvalue weighted by Gasteiger charge is 2.51. The quantitative estimate of drug-likeness (QED) is 0.598. The van der Waals surface area contributed by atoms with Crippen molar-refractivity contribution in [3.63, 3.8) is 0 Å². The number of epoxide rings is 1. The average molecular weight is 291 g/mol. The number of hydrogen-bond acceptors (Lipinski definition) is 4. The predicted octanol–water partition coefficient (Wildman–Crippen LogP) is 0.862. The van der Waals surface area contributed by atoms with Gasteiger partial charge in [-0.3, -0.25) is 9.59 Å². The zero-order valence-electron chi connectivity index (χ0n) is 11.8. The van der Waals surface area contributed by atoms with E-state index in [9.17, 15) is 14.4 Å². The van der Waals surface area contributed by atoms with Gasteiger partial charge >= 0.3 is 5.97 Å². The number of nitrogens with one attached hydrogen (secondary N) is 1. The van der Waals surface area contributed by atoms with E-state index in [0.717, 1.165) is 0 Å². The first-order valence-corrected chi connectivity index (χ1v) is 6.69. The van der Waals surface area contributed by atoms with Crippen LogP contribution in [0.2, 0.25) is 0 Å². The molecule has 0 saturated carbocycles. The van der Waals surface area contributed by atoms with Crippen molar-refractivity contribution in [2.45, 2.75) is 32.1 Å². The summed E-state index contributed by atoms with van der Waals surface area (Å²) >= 11 is 0. The number of carbonyl (C=O) groups excluding carboxylic acids is 2. The highest BCUT2D eigenvalue weighted by atomic mass is 16.6. The van der Waals surface area contributed by atoms with Crippen LogP contribution in [0.3, 0.4) is 0 Å². The number of carboxylic acid groups (broad SMARTS) is 1. The van der Waals surface area contributed by atoms with Gasteiger partial charge < -0.3 is 15.2 Å². The number of benzene rings is 1. The number of ketones is 1. The van der Waals surface area contributed by atoms with Crippen LogP contribution in [-0.2, 0) is 14.3 Å². The fraction of sp³-hybridized carbons (Fsp3) is 0.400. The van der Waals surface area contributed by atoms with Gasteiger partial charge in [0, 0.05) is 5.56 Å². The molecule has 1 aromatic carbocycles. The van der Waals surface area contributed by atoms with E-state index in [2.05, 4.69) is 5.32 Å². The van der Waals surface area contributed by atoms with E-state index >= 15 is 0 Å². The summed E-state index contributed by atoms with van der Waals surface area (Å²) in [7, 11) is 0. The third kappa shape index (κ3) is 3.46. The Bertz CT molecular complexity index is 554. The second kappa shape index (κ2) is 6.05. The van der Waals surface area contributed by atoms with E-state index in [-0.39, 0.29) is 11.7 Å². The monoisotopic (exact) mass is 291 g/mol. The Balaban J connectivity index is 2.05. The summed E-state index contributed by atoms with van der Waals surface area (Å²) in [5.74, 6) is -2.06. The predicted molar refractivity (Wildman–Crippen MR) is 73.8 cm³/mol. The van der Waals surface area contributed by atoms with E-state index in [1.165, 1.54) is 0 Å². The van der Waals surface area contributed by atoms with E-state index in [1.54, 1.807) is 30.3 Å². The molecule has 0 aromatic heterocycles. The van der Waals surface area contributed by atoms with Gasteiger partial charge in [-0.05, 0) is 5.92 Å². The van der Waals surface area contributed by atoms with Crippen molar-refractivity contribution in [2.24, 2.45) is 5.92 Å². The second-order valence-electron chi connectivity index (χ2n) is 5.28. The maximum absolute atomic E-state index is 12.4. The molecule has 0 aliphatic carbocycles. The number of carboxylic acids is 1. The highest BCUT2D eigenvalue weighted by molar-refractivity contribution is 6.03. The van der Waals surface area contributed by atoms with E-state index in [4.69, 9.17) is 9.84 Å². The molecule has 1 heterocycles. The molecule has 6 heteroatoms. The standard InChI is InChI=1S/C15H17NO5/c1-8(2)10(11(17)9-6-4-3-5-7-9)16-14(18)12-13(21-12)15(19)20/h3-8,10,12-13H,1-2H3,(H,16,18)(H,19,20)/t10-,12?,13-/m0/s1. The van der Waals surface area contributed by atoms with Crippen molar-refractivity contribution in [1.82, 2.24) is 5.32 Å². The molecule has 1 aliphatic heterocycles. The molecule has 112 valence electrons. The van der Waals surface area contributed by atoms with Crippen LogP contribution < -0.4 is 5.32 Å². The second-order valence-corrected chi connectivity index (χ2v) is 5.28. The third-order valence-corrected chi connectivity index (χ3v) is 3.30. The summed E-state index contributed by atoms with van der Waals surface area (Å²) in [5, 5.41) is 11.3. The Morgan fingerprint density at radius 2 is 1.76 bits per heavy atom. The van der Waals surface area contributed by atoms with Crippen molar-refractivity contribution >= 4 is 17.7 Å². The van der Waals surface area contributed by atoms with Crippen LogP contribution >= 0.6 is 0 Å². The van der Waals surface area contributed by atoms with E-state index < -0.39 is 30.1 Å². The summed E-state index contributed by atoms with van der Waals surface area (Å²) in [6.07, 6.45) is -2.11. The summed E-state index contributed by atoms with van der Waals surface area (Å²) in [6, 6.07) is 7.94. The number of Topliss-reactive ketones (excluding diaryl/α,β-unsaturated/α-hetero) is 1. The molecule has 0 radical (unpaired) electrons. The minimum absolute atomic E-state index is 0.122. The number of carbonyl (C=O) groups is 3. The number of rotatable bonds is 6. The summed E-state index contributed by atoms with van der Waals surface area (Å²) in [4.78, 5) is 35.0. The van der Waals surface area contributed by atoms with Crippen molar-refractivity contribution in [1.29, 1.82) is 0 Å². The highest BCUT2D eigenvalue weighted by Crippen LogP contribution is 2.23. The summed E-state index contributed by atoms with van der Waals surface area (Å²) in [6.45, 7) is 3.63. The minimum Gasteiger partial charge on any atom is -0.479 e. The number of amides is 1. The molecule has 21 heavy (non-hydrogen) atoms.